The number of amides is 5. The molecular formula is C25H33BN4O6. The second-order valence-corrected chi connectivity index (χ2v) is 8.62. The summed E-state index contributed by atoms with van der Waals surface area (Å²) in [6.07, 6.45) is 3.58. The molecule has 0 aliphatic carbocycles. The molecule has 1 aromatic rings. The first-order valence-electron chi connectivity index (χ1n) is 12.0. The number of aryl methyl sites for hydroxylation is 1. The Balaban J connectivity index is 1.73. The Morgan fingerprint density at radius 3 is 2.33 bits per heavy atom. The average molecular weight is 496 g/mol. The van der Waals surface area contributed by atoms with Gasteiger partial charge in [0.25, 0.3) is 11.8 Å². The lowest BCUT2D eigenvalue weighted by atomic mass is 9.91. The predicted molar refractivity (Wildman–Crippen MR) is 135 cm³/mol. The molecule has 1 unspecified atom stereocenters. The Labute approximate surface area is 212 Å². The molecule has 0 spiro atoms. The van der Waals surface area contributed by atoms with E-state index < -0.39 is 35.6 Å². The van der Waals surface area contributed by atoms with Crippen LogP contribution in [0.25, 0.3) is 0 Å². The van der Waals surface area contributed by atoms with Crippen LogP contribution in [0.4, 0.5) is 5.69 Å². The van der Waals surface area contributed by atoms with E-state index in [1.165, 1.54) is 12.2 Å². The summed E-state index contributed by atoms with van der Waals surface area (Å²) >= 11 is 0. The van der Waals surface area contributed by atoms with Crippen LogP contribution in [0.5, 0.6) is 0 Å². The SMILES string of the molecule is [B]Cc1ccc(NC(=O)CNC(=O)C(NC(=O)CCOCCN2C(=O)C=CC2=O)C(C)C)cc1CC. The topological polar surface area (TPSA) is 134 Å². The summed E-state index contributed by atoms with van der Waals surface area (Å²) in [5, 5.41) is 7.97. The zero-order valence-electron chi connectivity index (χ0n) is 21.0. The fourth-order valence-electron chi connectivity index (χ4n) is 3.57. The molecule has 192 valence electrons. The van der Waals surface area contributed by atoms with Gasteiger partial charge in [-0.2, -0.15) is 0 Å². The zero-order valence-corrected chi connectivity index (χ0v) is 21.0. The zero-order chi connectivity index (χ0) is 26.7. The highest BCUT2D eigenvalue weighted by atomic mass is 16.5. The molecule has 1 aliphatic rings. The smallest absolute Gasteiger partial charge is 0.253 e. The van der Waals surface area contributed by atoms with E-state index in [1.807, 2.05) is 19.1 Å². The Morgan fingerprint density at radius 1 is 1.03 bits per heavy atom. The molecule has 0 fully saturated rings. The van der Waals surface area contributed by atoms with Crippen molar-refractivity contribution in [1.29, 1.82) is 0 Å². The quantitative estimate of drug-likeness (QED) is 0.195. The highest BCUT2D eigenvalue weighted by Crippen LogP contribution is 2.16. The van der Waals surface area contributed by atoms with Crippen molar-refractivity contribution >= 4 is 43.1 Å². The molecule has 2 radical (unpaired) electrons. The molecule has 5 amide bonds. The van der Waals surface area contributed by atoms with Gasteiger partial charge in [-0.3, -0.25) is 28.9 Å². The Bertz CT molecular complexity index is 992. The van der Waals surface area contributed by atoms with E-state index in [-0.39, 0.29) is 38.6 Å². The van der Waals surface area contributed by atoms with Crippen LogP contribution < -0.4 is 16.0 Å². The number of carbonyl (C=O) groups excluding carboxylic acids is 5. The van der Waals surface area contributed by atoms with Crippen LogP contribution in [-0.4, -0.2) is 74.6 Å². The van der Waals surface area contributed by atoms with Gasteiger partial charge in [0, 0.05) is 24.3 Å². The molecule has 1 aliphatic heterocycles. The van der Waals surface area contributed by atoms with Crippen molar-refractivity contribution in [2.45, 2.75) is 46.0 Å². The van der Waals surface area contributed by atoms with E-state index in [0.29, 0.717) is 12.0 Å². The number of rotatable bonds is 14. The molecule has 36 heavy (non-hydrogen) atoms. The maximum atomic E-state index is 12.6. The molecule has 1 atom stereocenters. The lowest BCUT2D eigenvalue weighted by Gasteiger charge is -2.21. The standard InChI is InChI=1S/C25H33BN4O6/c1-4-17-13-19(6-5-18(17)14-26)28-21(32)15-27-25(35)24(16(2)3)29-20(31)9-11-36-12-10-30-22(33)7-8-23(30)34/h5-8,13,16,24H,4,9-12,14-15H2,1-3H3,(H,27,35)(H,28,32)(H,29,31). The highest BCUT2D eigenvalue weighted by molar-refractivity contribution is 6.12. The number of anilines is 1. The third-order valence-corrected chi connectivity index (χ3v) is 5.61. The third kappa shape index (κ3) is 8.64. The van der Waals surface area contributed by atoms with Gasteiger partial charge in [0.05, 0.1) is 34.1 Å². The number of nitrogens with one attached hydrogen (secondary N) is 3. The second kappa shape index (κ2) is 14.2. The maximum absolute atomic E-state index is 12.6. The van der Waals surface area contributed by atoms with Gasteiger partial charge in [0.15, 0.2) is 0 Å². The van der Waals surface area contributed by atoms with Crippen molar-refractivity contribution in [3.63, 3.8) is 0 Å². The van der Waals surface area contributed by atoms with E-state index in [2.05, 4.69) is 16.0 Å². The molecule has 3 N–H and O–H groups in total. The molecular weight excluding hydrogens is 463 g/mol. The van der Waals surface area contributed by atoms with Gasteiger partial charge in [-0.15, -0.1) is 0 Å². The predicted octanol–water partition coefficient (Wildman–Crippen LogP) is 0.445. The van der Waals surface area contributed by atoms with Gasteiger partial charge in [-0.1, -0.05) is 38.7 Å². The van der Waals surface area contributed by atoms with Crippen LogP contribution in [0.15, 0.2) is 30.4 Å². The van der Waals surface area contributed by atoms with Crippen LogP contribution in [0.2, 0.25) is 0 Å². The van der Waals surface area contributed by atoms with E-state index in [0.717, 1.165) is 22.4 Å². The van der Waals surface area contributed by atoms with E-state index in [9.17, 15) is 24.0 Å². The van der Waals surface area contributed by atoms with Crippen LogP contribution in [0.3, 0.4) is 0 Å². The van der Waals surface area contributed by atoms with Crippen LogP contribution in [0, 0.1) is 5.92 Å². The van der Waals surface area contributed by atoms with Crippen LogP contribution >= 0.6 is 0 Å². The molecule has 2 rings (SSSR count). The van der Waals surface area contributed by atoms with Crippen molar-refractivity contribution in [2.75, 3.05) is 31.6 Å². The summed E-state index contributed by atoms with van der Waals surface area (Å²) in [5.41, 5.74) is 2.67. The highest BCUT2D eigenvalue weighted by Gasteiger charge is 2.25. The minimum absolute atomic E-state index is 0.00428. The normalized spacial score (nSPS) is 13.7. The summed E-state index contributed by atoms with van der Waals surface area (Å²) in [7, 11) is 5.72. The molecule has 1 heterocycles. The summed E-state index contributed by atoms with van der Waals surface area (Å²) in [6.45, 7) is 5.59. The number of ether oxygens (including phenoxy) is 1. The van der Waals surface area contributed by atoms with E-state index >= 15 is 0 Å². The first-order chi connectivity index (χ1) is 17.2. The average Bonchev–Trinajstić information content (AvgIpc) is 3.17. The Morgan fingerprint density at radius 2 is 1.72 bits per heavy atom. The number of hydrogen-bond donors (Lipinski definition) is 3. The molecule has 0 bridgehead atoms. The summed E-state index contributed by atoms with van der Waals surface area (Å²) < 4.78 is 5.34. The number of imide groups is 1. The third-order valence-electron chi connectivity index (χ3n) is 5.61. The van der Waals surface area contributed by atoms with Gasteiger partial charge in [0.2, 0.25) is 17.7 Å². The number of benzene rings is 1. The Kier molecular flexibility index (Phi) is 11.3. The van der Waals surface area contributed by atoms with Crippen molar-refractivity contribution in [3.8, 4) is 0 Å². The largest absolute Gasteiger partial charge is 0.379 e. The monoisotopic (exact) mass is 496 g/mol. The van der Waals surface area contributed by atoms with Gasteiger partial charge in [-0.05, 0) is 30.0 Å². The van der Waals surface area contributed by atoms with E-state index in [4.69, 9.17) is 12.6 Å². The summed E-state index contributed by atoms with van der Waals surface area (Å²) in [4.78, 5) is 61.2. The van der Waals surface area contributed by atoms with Gasteiger partial charge < -0.3 is 20.7 Å². The molecule has 10 nitrogen and oxygen atoms in total. The summed E-state index contributed by atoms with van der Waals surface area (Å²) in [6, 6.07) is 4.66. The van der Waals surface area contributed by atoms with Crippen molar-refractivity contribution in [3.05, 3.63) is 41.5 Å². The van der Waals surface area contributed by atoms with Crippen LogP contribution in [0.1, 0.15) is 38.3 Å². The molecule has 0 aromatic heterocycles. The fraction of sp³-hybridized carbons (Fsp3) is 0.480. The minimum atomic E-state index is -0.827. The first kappa shape index (κ1) is 28.8. The Hall–Kier alpha value is -3.47. The van der Waals surface area contributed by atoms with Gasteiger partial charge in [0.1, 0.15) is 6.04 Å². The maximum Gasteiger partial charge on any atom is 0.253 e. The minimum Gasteiger partial charge on any atom is -0.379 e. The summed E-state index contributed by atoms with van der Waals surface area (Å²) in [5.74, 6) is -2.25. The second-order valence-electron chi connectivity index (χ2n) is 8.62. The van der Waals surface area contributed by atoms with Crippen LogP contribution in [-0.2, 0) is 41.5 Å². The molecule has 0 saturated heterocycles. The lowest BCUT2D eigenvalue weighted by molar-refractivity contribution is -0.138. The number of carbonyl (C=O) groups is 5. The fourth-order valence-corrected chi connectivity index (χ4v) is 3.57. The number of hydrogen-bond acceptors (Lipinski definition) is 6. The van der Waals surface area contributed by atoms with Crippen molar-refractivity contribution < 1.29 is 28.7 Å². The molecule has 1 aromatic carbocycles. The number of nitrogens with zero attached hydrogens (tertiary/aromatic N) is 1. The lowest BCUT2D eigenvalue weighted by Crippen LogP contribution is -2.51. The van der Waals surface area contributed by atoms with Gasteiger partial charge in [-0.25, -0.2) is 0 Å². The first-order valence-corrected chi connectivity index (χ1v) is 12.0. The molecule has 0 saturated carbocycles. The van der Waals surface area contributed by atoms with Gasteiger partial charge >= 0.3 is 0 Å². The van der Waals surface area contributed by atoms with Crippen molar-refractivity contribution in [2.24, 2.45) is 5.92 Å². The van der Waals surface area contributed by atoms with E-state index in [1.54, 1.807) is 19.9 Å². The molecule has 11 heteroatoms. The van der Waals surface area contributed by atoms with Crippen molar-refractivity contribution in [1.82, 2.24) is 15.5 Å².